The summed E-state index contributed by atoms with van der Waals surface area (Å²) in [5.74, 6) is 0.525. The smallest absolute Gasteiger partial charge is 0.289 e. The number of hydrogen-bond acceptors (Lipinski definition) is 3. The van der Waals surface area contributed by atoms with Crippen LogP contribution in [-0.2, 0) is 0 Å². The van der Waals surface area contributed by atoms with Gasteiger partial charge < -0.3 is 14.6 Å². The first-order chi connectivity index (χ1) is 10.5. The van der Waals surface area contributed by atoms with Gasteiger partial charge in [-0.15, -0.1) is 12.4 Å². The van der Waals surface area contributed by atoms with Gasteiger partial charge in [-0.1, -0.05) is 12.1 Å². The van der Waals surface area contributed by atoms with E-state index in [-0.39, 0.29) is 18.3 Å². The van der Waals surface area contributed by atoms with Crippen molar-refractivity contribution in [2.45, 2.75) is 39.7 Å². The highest BCUT2D eigenvalue weighted by molar-refractivity contribution is 6.00. The topological polar surface area (TPSA) is 45.5 Å². The second kappa shape index (κ2) is 6.93. The van der Waals surface area contributed by atoms with Gasteiger partial charge in [0.15, 0.2) is 5.76 Å². The van der Waals surface area contributed by atoms with Gasteiger partial charge >= 0.3 is 0 Å². The second-order valence-corrected chi connectivity index (χ2v) is 6.34. The van der Waals surface area contributed by atoms with Gasteiger partial charge in [0.2, 0.25) is 0 Å². The molecule has 2 aromatic rings. The zero-order valence-electron chi connectivity index (χ0n) is 14.2. The molecule has 0 saturated carbocycles. The van der Waals surface area contributed by atoms with Crippen molar-refractivity contribution in [3.63, 3.8) is 0 Å². The highest BCUT2D eigenvalue weighted by Gasteiger charge is 2.28. The molecule has 1 atom stereocenters. The first-order valence-corrected chi connectivity index (χ1v) is 7.98. The van der Waals surface area contributed by atoms with E-state index in [0.717, 1.165) is 53.6 Å². The molecule has 0 aliphatic carbocycles. The zero-order valence-corrected chi connectivity index (χ0v) is 15.0. The number of carbonyl (C=O) groups is 1. The Morgan fingerprint density at radius 2 is 1.96 bits per heavy atom. The number of fused-ring (bicyclic) bond motifs is 1. The van der Waals surface area contributed by atoms with Crippen LogP contribution < -0.4 is 5.32 Å². The second-order valence-electron chi connectivity index (χ2n) is 6.34. The number of piperidine rings is 1. The summed E-state index contributed by atoms with van der Waals surface area (Å²) in [5.41, 5.74) is 4.05. The average Bonchev–Trinajstić information content (AvgIpc) is 2.89. The molecule has 3 rings (SSSR count). The Morgan fingerprint density at radius 3 is 2.61 bits per heavy atom. The number of nitrogens with one attached hydrogen (secondary N) is 1. The van der Waals surface area contributed by atoms with Crippen LogP contribution in [0.1, 0.15) is 40.1 Å². The lowest BCUT2D eigenvalue weighted by Crippen LogP contribution is -2.47. The number of furan rings is 1. The van der Waals surface area contributed by atoms with Crippen molar-refractivity contribution >= 4 is 29.3 Å². The minimum atomic E-state index is 0. The van der Waals surface area contributed by atoms with Gasteiger partial charge in [-0.05, 0) is 51.8 Å². The van der Waals surface area contributed by atoms with Gasteiger partial charge in [-0.3, -0.25) is 4.79 Å². The van der Waals surface area contributed by atoms with Crippen LogP contribution in [0.4, 0.5) is 0 Å². The third-order valence-corrected chi connectivity index (χ3v) is 4.79. The molecule has 1 amide bonds. The number of rotatable bonds is 2. The van der Waals surface area contributed by atoms with Crippen molar-refractivity contribution in [3.8, 4) is 0 Å². The SMILES string of the molecule is CNC1CCCN(C(=O)c2oc3c(C)ccc(C)c3c2C)C1.Cl. The van der Waals surface area contributed by atoms with Crippen molar-refractivity contribution in [2.24, 2.45) is 0 Å². The minimum Gasteiger partial charge on any atom is -0.450 e. The van der Waals surface area contributed by atoms with Crippen LogP contribution in [0, 0.1) is 20.8 Å². The summed E-state index contributed by atoms with van der Waals surface area (Å²) >= 11 is 0. The van der Waals surface area contributed by atoms with E-state index >= 15 is 0 Å². The predicted octanol–water partition coefficient (Wildman–Crippen LogP) is 3.60. The molecule has 5 heteroatoms. The molecule has 1 aliphatic rings. The molecule has 4 nitrogen and oxygen atoms in total. The standard InChI is InChI=1S/C18H24N2O2.ClH/c1-11-7-8-12(2)16-15(11)13(3)17(22-16)18(21)20-9-5-6-14(10-20)19-4;/h7-8,14,19H,5-6,9-10H2,1-4H3;1H. The van der Waals surface area contributed by atoms with Gasteiger partial charge in [-0.25, -0.2) is 0 Å². The van der Waals surface area contributed by atoms with E-state index in [1.54, 1.807) is 0 Å². The molecule has 126 valence electrons. The van der Waals surface area contributed by atoms with E-state index in [1.165, 1.54) is 0 Å². The molecular formula is C18H25ClN2O2. The molecule has 1 fully saturated rings. The maximum atomic E-state index is 12.9. The quantitative estimate of drug-likeness (QED) is 0.911. The Balaban J connectivity index is 0.00000192. The molecule has 0 spiro atoms. The Labute approximate surface area is 143 Å². The van der Waals surface area contributed by atoms with E-state index in [1.807, 2.05) is 31.9 Å². The Morgan fingerprint density at radius 1 is 1.26 bits per heavy atom. The van der Waals surface area contributed by atoms with Gasteiger partial charge in [-0.2, -0.15) is 0 Å². The zero-order chi connectivity index (χ0) is 15.9. The number of carbonyl (C=O) groups excluding carboxylic acids is 1. The lowest BCUT2D eigenvalue weighted by atomic mass is 10.0. The number of halogens is 1. The molecule has 0 bridgehead atoms. The van der Waals surface area contributed by atoms with Crippen LogP contribution in [-0.4, -0.2) is 37.0 Å². The van der Waals surface area contributed by atoms with E-state index in [2.05, 4.69) is 18.3 Å². The highest BCUT2D eigenvalue weighted by atomic mass is 35.5. The van der Waals surface area contributed by atoms with Crippen LogP contribution in [0.2, 0.25) is 0 Å². The number of likely N-dealkylation sites (N-methyl/N-ethyl adjacent to an activating group) is 1. The summed E-state index contributed by atoms with van der Waals surface area (Å²) in [6.45, 7) is 7.65. The normalized spacial score (nSPS) is 18.1. The van der Waals surface area contributed by atoms with Gasteiger partial charge in [0, 0.05) is 30.1 Å². The molecule has 2 heterocycles. The van der Waals surface area contributed by atoms with Crippen molar-refractivity contribution in [2.75, 3.05) is 20.1 Å². The lowest BCUT2D eigenvalue weighted by Gasteiger charge is -2.32. The summed E-state index contributed by atoms with van der Waals surface area (Å²) in [4.78, 5) is 14.8. The number of nitrogens with zero attached hydrogens (tertiary/aromatic N) is 1. The predicted molar refractivity (Wildman–Crippen MR) is 95.7 cm³/mol. The summed E-state index contributed by atoms with van der Waals surface area (Å²) in [5, 5.41) is 4.36. The van der Waals surface area contributed by atoms with Gasteiger partial charge in [0.05, 0.1) is 0 Å². The highest BCUT2D eigenvalue weighted by Crippen LogP contribution is 2.31. The summed E-state index contributed by atoms with van der Waals surface area (Å²) < 4.78 is 5.98. The summed E-state index contributed by atoms with van der Waals surface area (Å²) in [7, 11) is 1.96. The lowest BCUT2D eigenvalue weighted by molar-refractivity contribution is 0.0667. The van der Waals surface area contributed by atoms with Gasteiger partial charge in [0.25, 0.3) is 5.91 Å². The fourth-order valence-electron chi connectivity index (χ4n) is 3.42. The van der Waals surface area contributed by atoms with E-state index < -0.39 is 0 Å². The molecule has 1 saturated heterocycles. The maximum absolute atomic E-state index is 12.9. The van der Waals surface area contributed by atoms with Crippen molar-refractivity contribution in [1.82, 2.24) is 10.2 Å². The molecule has 1 N–H and O–H groups in total. The van der Waals surface area contributed by atoms with Crippen LogP contribution in [0.3, 0.4) is 0 Å². The molecule has 0 radical (unpaired) electrons. The Bertz CT molecular complexity index is 723. The number of benzene rings is 1. The van der Waals surface area contributed by atoms with E-state index in [0.29, 0.717) is 11.8 Å². The maximum Gasteiger partial charge on any atom is 0.289 e. The molecule has 1 aliphatic heterocycles. The largest absolute Gasteiger partial charge is 0.450 e. The van der Waals surface area contributed by atoms with Crippen molar-refractivity contribution in [3.05, 3.63) is 34.6 Å². The summed E-state index contributed by atoms with van der Waals surface area (Å²) in [6, 6.07) is 4.52. The first-order valence-electron chi connectivity index (χ1n) is 7.98. The Kier molecular flexibility index (Phi) is 5.37. The number of aryl methyl sites for hydroxylation is 3. The first kappa shape index (κ1) is 17.8. The number of hydrogen-bond donors (Lipinski definition) is 1. The average molecular weight is 337 g/mol. The number of amides is 1. The molecule has 1 aromatic heterocycles. The Hall–Kier alpha value is -1.52. The van der Waals surface area contributed by atoms with Crippen LogP contribution >= 0.6 is 12.4 Å². The van der Waals surface area contributed by atoms with Crippen LogP contribution in [0.5, 0.6) is 0 Å². The van der Waals surface area contributed by atoms with Crippen LogP contribution in [0.15, 0.2) is 16.5 Å². The fourth-order valence-corrected chi connectivity index (χ4v) is 3.42. The molecule has 23 heavy (non-hydrogen) atoms. The summed E-state index contributed by atoms with van der Waals surface area (Å²) in [6.07, 6.45) is 2.16. The molecular weight excluding hydrogens is 312 g/mol. The molecule has 1 aromatic carbocycles. The van der Waals surface area contributed by atoms with Crippen LogP contribution in [0.25, 0.3) is 11.0 Å². The fraction of sp³-hybridized carbons (Fsp3) is 0.500. The number of likely N-dealkylation sites (tertiary alicyclic amines) is 1. The molecule has 1 unspecified atom stereocenters. The van der Waals surface area contributed by atoms with E-state index in [4.69, 9.17) is 4.42 Å². The van der Waals surface area contributed by atoms with Gasteiger partial charge in [0.1, 0.15) is 5.58 Å². The minimum absolute atomic E-state index is 0. The third-order valence-electron chi connectivity index (χ3n) is 4.79. The van der Waals surface area contributed by atoms with E-state index in [9.17, 15) is 4.79 Å². The van der Waals surface area contributed by atoms with Crippen molar-refractivity contribution < 1.29 is 9.21 Å². The monoisotopic (exact) mass is 336 g/mol. The van der Waals surface area contributed by atoms with Crippen molar-refractivity contribution in [1.29, 1.82) is 0 Å². The third kappa shape index (κ3) is 3.10.